The third kappa shape index (κ3) is 2.88. The number of pyridine rings is 2. The van der Waals surface area contributed by atoms with E-state index in [1.807, 2.05) is 19.9 Å². The number of rotatable bonds is 2. The second-order valence-electron chi connectivity index (χ2n) is 5.75. The van der Waals surface area contributed by atoms with Crippen molar-refractivity contribution in [2.24, 2.45) is 0 Å². The molecular weight excluding hydrogens is 296 g/mol. The molecule has 3 heterocycles. The number of fused-ring (bicyclic) bond motifs is 1. The molecule has 0 saturated carbocycles. The molecule has 0 aromatic carbocycles. The SMILES string of the molecule is CC(=O)Oc1cccn(C2=CC(C)(C)Oc3cnccc32)c1=O. The van der Waals surface area contributed by atoms with Crippen LogP contribution < -0.4 is 15.0 Å². The Morgan fingerprint density at radius 1 is 1.35 bits per heavy atom. The number of esters is 1. The molecule has 0 bridgehead atoms. The lowest BCUT2D eigenvalue weighted by Crippen LogP contribution is -2.32. The Balaban J connectivity index is 2.19. The Kier molecular flexibility index (Phi) is 3.52. The molecule has 6 heteroatoms. The van der Waals surface area contributed by atoms with Gasteiger partial charge in [-0.25, -0.2) is 0 Å². The van der Waals surface area contributed by atoms with Crippen LogP contribution in [0.2, 0.25) is 0 Å². The highest BCUT2D eigenvalue weighted by Gasteiger charge is 2.28. The smallest absolute Gasteiger partial charge is 0.308 e. The highest BCUT2D eigenvalue weighted by Crippen LogP contribution is 2.35. The summed E-state index contributed by atoms with van der Waals surface area (Å²) in [5.41, 5.74) is 0.413. The first-order valence-electron chi connectivity index (χ1n) is 7.14. The van der Waals surface area contributed by atoms with Gasteiger partial charge in [0, 0.05) is 24.9 Å². The molecule has 0 unspecified atom stereocenters. The van der Waals surface area contributed by atoms with Crippen molar-refractivity contribution in [3.63, 3.8) is 0 Å². The largest absolute Gasteiger partial charge is 0.481 e. The molecule has 0 spiro atoms. The van der Waals surface area contributed by atoms with Crippen molar-refractivity contribution in [1.82, 2.24) is 9.55 Å². The first kappa shape index (κ1) is 15.0. The highest BCUT2D eigenvalue weighted by molar-refractivity contribution is 5.73. The number of hydrogen-bond acceptors (Lipinski definition) is 5. The molecule has 0 radical (unpaired) electrons. The monoisotopic (exact) mass is 312 g/mol. The first-order valence-corrected chi connectivity index (χ1v) is 7.14. The second kappa shape index (κ2) is 5.39. The van der Waals surface area contributed by atoms with E-state index < -0.39 is 17.1 Å². The lowest BCUT2D eigenvalue weighted by atomic mass is 10.00. The van der Waals surface area contributed by atoms with Gasteiger partial charge in [0.25, 0.3) is 5.56 Å². The Labute approximate surface area is 133 Å². The quantitative estimate of drug-likeness (QED) is 0.795. The van der Waals surface area contributed by atoms with Gasteiger partial charge in [-0.05, 0) is 38.1 Å². The van der Waals surface area contributed by atoms with Gasteiger partial charge in [-0.1, -0.05) is 0 Å². The highest BCUT2D eigenvalue weighted by atomic mass is 16.5. The molecule has 0 saturated heterocycles. The molecule has 6 nitrogen and oxygen atoms in total. The van der Waals surface area contributed by atoms with Gasteiger partial charge in [0.05, 0.1) is 11.9 Å². The summed E-state index contributed by atoms with van der Waals surface area (Å²) in [5, 5.41) is 0. The maximum absolute atomic E-state index is 12.6. The number of nitrogens with zero attached hydrogens (tertiary/aromatic N) is 2. The van der Waals surface area contributed by atoms with Crippen LogP contribution in [0.5, 0.6) is 11.5 Å². The van der Waals surface area contributed by atoms with E-state index >= 15 is 0 Å². The average Bonchev–Trinajstić information content (AvgIpc) is 2.47. The van der Waals surface area contributed by atoms with E-state index in [0.29, 0.717) is 11.4 Å². The lowest BCUT2D eigenvalue weighted by molar-refractivity contribution is -0.132. The van der Waals surface area contributed by atoms with E-state index in [9.17, 15) is 9.59 Å². The molecule has 1 aliphatic heterocycles. The first-order chi connectivity index (χ1) is 10.9. The number of carbonyl (C=O) groups excluding carboxylic acids is 1. The van der Waals surface area contributed by atoms with Crippen LogP contribution in [0.3, 0.4) is 0 Å². The second-order valence-corrected chi connectivity index (χ2v) is 5.75. The van der Waals surface area contributed by atoms with Crippen molar-refractivity contribution in [3.8, 4) is 11.5 Å². The van der Waals surface area contributed by atoms with Gasteiger partial charge in [0.15, 0.2) is 5.75 Å². The third-order valence-corrected chi connectivity index (χ3v) is 3.34. The van der Waals surface area contributed by atoms with Crippen LogP contribution in [0.4, 0.5) is 0 Å². The van der Waals surface area contributed by atoms with Crippen molar-refractivity contribution in [1.29, 1.82) is 0 Å². The summed E-state index contributed by atoms with van der Waals surface area (Å²) < 4.78 is 12.3. The van der Waals surface area contributed by atoms with E-state index in [0.717, 1.165) is 5.56 Å². The maximum atomic E-state index is 12.6. The summed E-state index contributed by atoms with van der Waals surface area (Å²) in [6.07, 6.45) is 6.74. The molecule has 118 valence electrons. The number of carbonyl (C=O) groups is 1. The predicted molar refractivity (Wildman–Crippen MR) is 84.3 cm³/mol. The standard InChI is InChI=1S/C17H16N2O4/c1-11(20)22-14-5-4-8-19(16(14)21)13-9-17(2,3)23-15-10-18-7-6-12(13)15/h4-10H,1-3H3. The fraction of sp³-hybridized carbons (Fsp3) is 0.235. The summed E-state index contributed by atoms with van der Waals surface area (Å²) in [7, 11) is 0. The van der Waals surface area contributed by atoms with Crippen molar-refractivity contribution in [2.75, 3.05) is 0 Å². The van der Waals surface area contributed by atoms with Gasteiger partial charge in [-0.15, -0.1) is 0 Å². The van der Waals surface area contributed by atoms with E-state index in [2.05, 4.69) is 4.98 Å². The van der Waals surface area contributed by atoms with Crippen LogP contribution in [0.25, 0.3) is 5.70 Å². The summed E-state index contributed by atoms with van der Waals surface area (Å²) in [6, 6.07) is 4.91. The Hall–Kier alpha value is -2.89. The van der Waals surface area contributed by atoms with Crippen LogP contribution in [-0.2, 0) is 4.79 Å². The van der Waals surface area contributed by atoms with Crippen LogP contribution in [0, 0.1) is 0 Å². The average molecular weight is 312 g/mol. The zero-order valence-corrected chi connectivity index (χ0v) is 13.1. The van der Waals surface area contributed by atoms with E-state index in [-0.39, 0.29) is 5.75 Å². The van der Waals surface area contributed by atoms with E-state index in [1.54, 1.807) is 30.7 Å². The molecule has 0 aliphatic carbocycles. The maximum Gasteiger partial charge on any atom is 0.308 e. The Bertz CT molecular complexity index is 865. The van der Waals surface area contributed by atoms with Gasteiger partial charge in [0.2, 0.25) is 0 Å². The van der Waals surface area contributed by atoms with Gasteiger partial charge < -0.3 is 9.47 Å². The zero-order chi connectivity index (χ0) is 16.6. The Morgan fingerprint density at radius 2 is 2.13 bits per heavy atom. The van der Waals surface area contributed by atoms with E-state index in [1.165, 1.54) is 17.6 Å². The fourth-order valence-electron chi connectivity index (χ4n) is 2.49. The van der Waals surface area contributed by atoms with Crippen molar-refractivity contribution < 1.29 is 14.3 Å². The van der Waals surface area contributed by atoms with Crippen LogP contribution >= 0.6 is 0 Å². The van der Waals surface area contributed by atoms with E-state index in [4.69, 9.17) is 9.47 Å². The molecule has 2 aromatic rings. The van der Waals surface area contributed by atoms with Gasteiger partial charge >= 0.3 is 5.97 Å². The summed E-state index contributed by atoms with van der Waals surface area (Å²) >= 11 is 0. The van der Waals surface area contributed by atoms with Crippen LogP contribution in [0.15, 0.2) is 47.7 Å². The topological polar surface area (TPSA) is 70.4 Å². The molecule has 3 rings (SSSR count). The normalized spacial score (nSPS) is 15.2. The van der Waals surface area contributed by atoms with Crippen molar-refractivity contribution in [2.45, 2.75) is 26.4 Å². The molecule has 0 atom stereocenters. The Morgan fingerprint density at radius 3 is 2.87 bits per heavy atom. The summed E-state index contributed by atoms with van der Waals surface area (Å²) in [5.74, 6) is 0.0475. The lowest BCUT2D eigenvalue weighted by Gasteiger charge is -2.31. The van der Waals surface area contributed by atoms with Gasteiger partial charge in [0.1, 0.15) is 11.4 Å². The van der Waals surface area contributed by atoms with Crippen LogP contribution in [0.1, 0.15) is 26.3 Å². The minimum absolute atomic E-state index is 0.0131. The summed E-state index contributed by atoms with van der Waals surface area (Å²) in [4.78, 5) is 27.8. The molecule has 0 amide bonds. The molecule has 2 aromatic heterocycles. The number of hydrogen-bond donors (Lipinski definition) is 0. The fourth-order valence-corrected chi connectivity index (χ4v) is 2.49. The molecule has 0 fully saturated rings. The predicted octanol–water partition coefficient (Wildman–Crippen LogP) is 2.23. The van der Waals surface area contributed by atoms with Crippen LogP contribution in [-0.4, -0.2) is 21.1 Å². The number of ether oxygens (including phenoxy) is 2. The van der Waals surface area contributed by atoms with Crippen molar-refractivity contribution >= 4 is 11.7 Å². The minimum Gasteiger partial charge on any atom is -0.481 e. The molecule has 0 N–H and O–H groups in total. The summed E-state index contributed by atoms with van der Waals surface area (Å²) in [6.45, 7) is 5.04. The van der Waals surface area contributed by atoms with Gasteiger partial charge in [-0.2, -0.15) is 0 Å². The van der Waals surface area contributed by atoms with Gasteiger partial charge in [-0.3, -0.25) is 19.1 Å². The number of aromatic nitrogens is 2. The molecule has 1 aliphatic rings. The zero-order valence-electron chi connectivity index (χ0n) is 13.1. The minimum atomic E-state index is -0.595. The third-order valence-electron chi connectivity index (χ3n) is 3.34. The molecular formula is C17H16N2O4. The van der Waals surface area contributed by atoms with Crippen molar-refractivity contribution in [3.05, 3.63) is 58.8 Å². The molecule has 23 heavy (non-hydrogen) atoms.